The summed E-state index contributed by atoms with van der Waals surface area (Å²) in [7, 11) is 0. The first-order valence-electron chi connectivity index (χ1n) is 5.09. The van der Waals surface area contributed by atoms with Crippen LogP contribution in [0.3, 0.4) is 0 Å². The summed E-state index contributed by atoms with van der Waals surface area (Å²) in [5.74, 6) is 0.656. The lowest BCUT2D eigenvalue weighted by Gasteiger charge is -2.21. The summed E-state index contributed by atoms with van der Waals surface area (Å²) in [5.41, 5.74) is 2.40. The highest BCUT2D eigenvalue weighted by Gasteiger charge is 2.15. The smallest absolute Gasteiger partial charge is 0.0596 e. The molecule has 0 amide bonds. The summed E-state index contributed by atoms with van der Waals surface area (Å²) in [6, 6.07) is 2.69. The normalized spacial score (nSPS) is 13.7. The quantitative estimate of drug-likeness (QED) is 0.699. The molecule has 1 unspecified atom stereocenters. The number of rotatable bonds is 3. The Morgan fingerprint density at radius 2 is 2.00 bits per heavy atom. The van der Waals surface area contributed by atoms with Crippen LogP contribution in [0, 0.1) is 19.8 Å². The minimum absolute atomic E-state index is 0.550. The van der Waals surface area contributed by atoms with Crippen molar-refractivity contribution in [1.29, 1.82) is 0 Å². The van der Waals surface area contributed by atoms with Gasteiger partial charge in [0.1, 0.15) is 0 Å². The van der Waals surface area contributed by atoms with Gasteiger partial charge in [0.05, 0.1) is 11.7 Å². The van der Waals surface area contributed by atoms with Crippen LogP contribution in [-0.2, 0) is 0 Å². The summed E-state index contributed by atoms with van der Waals surface area (Å²) in [6.45, 7) is 10.9. The van der Waals surface area contributed by atoms with Crippen LogP contribution in [0.1, 0.15) is 44.6 Å². The van der Waals surface area contributed by atoms with Gasteiger partial charge in [-0.15, -0.1) is 0 Å². The van der Waals surface area contributed by atoms with Crippen molar-refractivity contribution in [3.8, 4) is 0 Å². The molecule has 0 saturated carbocycles. The largest absolute Gasteiger partial charge is 0.266 e. The van der Waals surface area contributed by atoms with E-state index in [1.54, 1.807) is 0 Å². The van der Waals surface area contributed by atoms with Crippen molar-refractivity contribution in [2.75, 3.05) is 0 Å². The summed E-state index contributed by atoms with van der Waals surface area (Å²) >= 11 is 0. The van der Waals surface area contributed by atoms with Gasteiger partial charge in [-0.1, -0.05) is 20.8 Å². The van der Waals surface area contributed by atoms with Gasteiger partial charge in [0.15, 0.2) is 0 Å². The SMILES string of the molecule is CCC(C(C)C)n1nc(C)cc1C. The van der Waals surface area contributed by atoms with Crippen molar-refractivity contribution in [1.82, 2.24) is 9.78 Å². The molecule has 1 aromatic heterocycles. The molecule has 0 aromatic carbocycles. The molecule has 1 atom stereocenters. The lowest BCUT2D eigenvalue weighted by atomic mass is 10.0. The van der Waals surface area contributed by atoms with Crippen LogP contribution < -0.4 is 0 Å². The molecular formula is C11H20N2. The van der Waals surface area contributed by atoms with E-state index in [-0.39, 0.29) is 0 Å². The molecule has 0 aliphatic rings. The van der Waals surface area contributed by atoms with Crippen LogP contribution in [0.5, 0.6) is 0 Å². The van der Waals surface area contributed by atoms with E-state index in [0.717, 1.165) is 12.1 Å². The third-order valence-electron chi connectivity index (χ3n) is 2.55. The minimum Gasteiger partial charge on any atom is -0.266 e. The van der Waals surface area contributed by atoms with Crippen LogP contribution in [0.15, 0.2) is 6.07 Å². The average Bonchev–Trinajstić information content (AvgIpc) is 2.31. The van der Waals surface area contributed by atoms with E-state index in [4.69, 9.17) is 0 Å². The van der Waals surface area contributed by atoms with Gasteiger partial charge in [-0.05, 0) is 32.3 Å². The van der Waals surface area contributed by atoms with E-state index < -0.39 is 0 Å². The average molecular weight is 180 g/mol. The van der Waals surface area contributed by atoms with Gasteiger partial charge in [-0.2, -0.15) is 5.10 Å². The van der Waals surface area contributed by atoms with Gasteiger partial charge in [0.25, 0.3) is 0 Å². The fraction of sp³-hybridized carbons (Fsp3) is 0.727. The molecule has 0 spiro atoms. The molecule has 0 aliphatic heterocycles. The molecule has 1 rings (SSSR count). The van der Waals surface area contributed by atoms with E-state index in [9.17, 15) is 0 Å². The van der Waals surface area contributed by atoms with Crippen molar-refractivity contribution in [3.63, 3.8) is 0 Å². The Labute approximate surface area is 81.0 Å². The summed E-state index contributed by atoms with van der Waals surface area (Å²) in [4.78, 5) is 0. The lowest BCUT2D eigenvalue weighted by molar-refractivity contribution is 0.330. The maximum absolute atomic E-state index is 4.52. The van der Waals surface area contributed by atoms with E-state index in [0.29, 0.717) is 12.0 Å². The van der Waals surface area contributed by atoms with E-state index >= 15 is 0 Å². The Balaban J connectivity index is 2.97. The zero-order valence-corrected chi connectivity index (χ0v) is 9.33. The van der Waals surface area contributed by atoms with E-state index in [2.05, 4.69) is 50.5 Å². The lowest BCUT2D eigenvalue weighted by Crippen LogP contribution is -2.16. The zero-order chi connectivity index (χ0) is 10.0. The second kappa shape index (κ2) is 3.95. The molecule has 2 heteroatoms. The molecule has 1 heterocycles. The first-order chi connectivity index (χ1) is 6.06. The number of nitrogens with zero attached hydrogens (tertiary/aromatic N) is 2. The van der Waals surface area contributed by atoms with Crippen molar-refractivity contribution >= 4 is 0 Å². The third-order valence-corrected chi connectivity index (χ3v) is 2.55. The van der Waals surface area contributed by atoms with Gasteiger partial charge in [-0.3, -0.25) is 4.68 Å². The predicted molar refractivity (Wildman–Crippen MR) is 55.9 cm³/mol. The monoisotopic (exact) mass is 180 g/mol. The first-order valence-corrected chi connectivity index (χ1v) is 5.09. The maximum atomic E-state index is 4.52. The van der Waals surface area contributed by atoms with Crippen LogP contribution in [-0.4, -0.2) is 9.78 Å². The predicted octanol–water partition coefficient (Wildman–Crippen LogP) is 3.11. The second-order valence-corrected chi connectivity index (χ2v) is 4.09. The highest BCUT2D eigenvalue weighted by atomic mass is 15.3. The van der Waals surface area contributed by atoms with E-state index in [1.165, 1.54) is 5.69 Å². The second-order valence-electron chi connectivity index (χ2n) is 4.09. The Kier molecular flexibility index (Phi) is 3.12. The number of aryl methyl sites for hydroxylation is 2. The molecule has 74 valence electrons. The Morgan fingerprint density at radius 1 is 1.38 bits per heavy atom. The molecule has 0 N–H and O–H groups in total. The molecule has 0 aliphatic carbocycles. The Bertz CT molecular complexity index is 274. The number of hydrogen-bond donors (Lipinski definition) is 0. The van der Waals surface area contributed by atoms with Gasteiger partial charge in [0.2, 0.25) is 0 Å². The van der Waals surface area contributed by atoms with Gasteiger partial charge in [-0.25, -0.2) is 0 Å². The van der Waals surface area contributed by atoms with Crippen molar-refractivity contribution in [3.05, 3.63) is 17.5 Å². The molecule has 0 radical (unpaired) electrons. The first kappa shape index (κ1) is 10.3. The highest BCUT2D eigenvalue weighted by Crippen LogP contribution is 2.22. The molecule has 2 nitrogen and oxygen atoms in total. The Hall–Kier alpha value is -0.790. The minimum atomic E-state index is 0.550. The maximum Gasteiger partial charge on any atom is 0.0596 e. The van der Waals surface area contributed by atoms with Crippen molar-refractivity contribution < 1.29 is 0 Å². The number of aromatic nitrogens is 2. The highest BCUT2D eigenvalue weighted by molar-refractivity contribution is 5.07. The molecule has 0 fully saturated rings. The van der Waals surface area contributed by atoms with Crippen LogP contribution in [0.4, 0.5) is 0 Å². The fourth-order valence-electron chi connectivity index (χ4n) is 1.91. The van der Waals surface area contributed by atoms with Gasteiger partial charge < -0.3 is 0 Å². The third kappa shape index (κ3) is 2.11. The van der Waals surface area contributed by atoms with Crippen LogP contribution in [0.2, 0.25) is 0 Å². The standard InChI is InChI=1S/C11H20N2/c1-6-11(8(2)3)13-10(5)7-9(4)12-13/h7-8,11H,6H2,1-5H3. The molecule has 13 heavy (non-hydrogen) atoms. The van der Waals surface area contributed by atoms with Crippen molar-refractivity contribution in [2.24, 2.45) is 5.92 Å². The topological polar surface area (TPSA) is 17.8 Å². The molecule has 1 aromatic rings. The molecule has 0 saturated heterocycles. The zero-order valence-electron chi connectivity index (χ0n) is 9.33. The summed E-state index contributed by atoms with van der Waals surface area (Å²) < 4.78 is 2.17. The molecule has 0 bridgehead atoms. The van der Waals surface area contributed by atoms with Gasteiger partial charge in [0, 0.05) is 5.69 Å². The number of hydrogen-bond acceptors (Lipinski definition) is 1. The fourth-order valence-corrected chi connectivity index (χ4v) is 1.91. The molecular weight excluding hydrogens is 160 g/mol. The van der Waals surface area contributed by atoms with Gasteiger partial charge >= 0.3 is 0 Å². The van der Waals surface area contributed by atoms with E-state index in [1.807, 2.05) is 0 Å². The van der Waals surface area contributed by atoms with Crippen LogP contribution in [0.25, 0.3) is 0 Å². The Morgan fingerprint density at radius 3 is 2.31 bits per heavy atom. The van der Waals surface area contributed by atoms with Crippen LogP contribution >= 0.6 is 0 Å². The summed E-state index contributed by atoms with van der Waals surface area (Å²) in [6.07, 6.45) is 1.15. The summed E-state index contributed by atoms with van der Waals surface area (Å²) in [5, 5.41) is 4.52. The van der Waals surface area contributed by atoms with Crippen molar-refractivity contribution in [2.45, 2.75) is 47.1 Å².